The number of nitrogens with zero attached hydrogens (tertiary/aromatic N) is 1. The van der Waals surface area contributed by atoms with Crippen molar-refractivity contribution in [3.63, 3.8) is 0 Å². The first-order chi connectivity index (χ1) is 9.76. The number of ether oxygens (including phenoxy) is 1. The van der Waals surface area contributed by atoms with Crippen LogP contribution in [0.5, 0.6) is 5.75 Å². The molecule has 0 radical (unpaired) electrons. The standard InChI is InChI=1S/C15H26N2O3S/c1-12(16-2)13-6-7-15(20-4)14(10-13)11-17(3)8-9-21(5,18)19/h6-7,10,12,16H,8-9,11H2,1-5H3. The lowest BCUT2D eigenvalue weighted by atomic mass is 10.0. The van der Waals surface area contributed by atoms with Crippen LogP contribution in [0.3, 0.4) is 0 Å². The molecule has 0 bridgehead atoms. The highest BCUT2D eigenvalue weighted by Crippen LogP contribution is 2.24. The SMILES string of the molecule is CNC(C)c1ccc(OC)c(CN(C)CCS(C)(=O)=O)c1. The van der Waals surface area contributed by atoms with E-state index in [9.17, 15) is 8.42 Å². The molecule has 0 amide bonds. The second-order valence-corrected chi connectivity index (χ2v) is 7.71. The summed E-state index contributed by atoms with van der Waals surface area (Å²) < 4.78 is 27.9. The molecule has 0 fully saturated rings. The van der Waals surface area contributed by atoms with Crippen molar-refractivity contribution in [2.75, 3.05) is 39.8 Å². The van der Waals surface area contributed by atoms with Gasteiger partial charge in [-0.25, -0.2) is 8.42 Å². The lowest BCUT2D eigenvalue weighted by Gasteiger charge is -2.20. The molecule has 0 aliphatic rings. The first-order valence-electron chi connectivity index (χ1n) is 6.97. The van der Waals surface area contributed by atoms with Gasteiger partial charge in [-0.1, -0.05) is 6.07 Å². The monoisotopic (exact) mass is 314 g/mol. The first-order valence-corrected chi connectivity index (χ1v) is 9.03. The van der Waals surface area contributed by atoms with Gasteiger partial charge in [-0.05, 0) is 38.7 Å². The average Bonchev–Trinajstić information content (AvgIpc) is 2.43. The highest BCUT2D eigenvalue weighted by Gasteiger charge is 2.12. The lowest BCUT2D eigenvalue weighted by molar-refractivity contribution is 0.333. The van der Waals surface area contributed by atoms with Gasteiger partial charge < -0.3 is 15.0 Å². The molecule has 0 aromatic heterocycles. The summed E-state index contributed by atoms with van der Waals surface area (Å²) in [5.74, 6) is 0.992. The molecular formula is C15H26N2O3S. The second kappa shape index (κ2) is 7.77. The molecule has 0 spiro atoms. The molecule has 6 heteroatoms. The van der Waals surface area contributed by atoms with Crippen molar-refractivity contribution in [2.24, 2.45) is 0 Å². The van der Waals surface area contributed by atoms with Crippen LogP contribution in [0.2, 0.25) is 0 Å². The summed E-state index contributed by atoms with van der Waals surface area (Å²) in [6.45, 7) is 3.26. The van der Waals surface area contributed by atoms with Crippen LogP contribution in [0.25, 0.3) is 0 Å². The summed E-state index contributed by atoms with van der Waals surface area (Å²) in [4.78, 5) is 1.99. The minimum Gasteiger partial charge on any atom is -0.496 e. The Kier molecular flexibility index (Phi) is 6.64. The van der Waals surface area contributed by atoms with E-state index < -0.39 is 9.84 Å². The normalized spacial score (nSPS) is 13.4. The number of hydrogen-bond acceptors (Lipinski definition) is 5. The van der Waals surface area contributed by atoms with E-state index in [1.165, 1.54) is 11.8 Å². The zero-order valence-electron chi connectivity index (χ0n) is 13.5. The Labute approximate surface area is 128 Å². The van der Waals surface area contributed by atoms with Crippen molar-refractivity contribution in [3.8, 4) is 5.75 Å². The van der Waals surface area contributed by atoms with E-state index in [1.54, 1.807) is 7.11 Å². The number of benzene rings is 1. The van der Waals surface area contributed by atoms with Crippen LogP contribution in [0.4, 0.5) is 0 Å². The molecule has 0 aliphatic heterocycles. The van der Waals surface area contributed by atoms with Gasteiger partial charge in [0.1, 0.15) is 15.6 Å². The van der Waals surface area contributed by atoms with Crippen molar-refractivity contribution in [1.82, 2.24) is 10.2 Å². The van der Waals surface area contributed by atoms with Gasteiger partial charge in [-0.2, -0.15) is 0 Å². The van der Waals surface area contributed by atoms with E-state index in [2.05, 4.69) is 18.3 Å². The maximum Gasteiger partial charge on any atom is 0.148 e. The number of nitrogens with one attached hydrogen (secondary N) is 1. The molecule has 1 rings (SSSR count). The Hall–Kier alpha value is -1.11. The maximum absolute atomic E-state index is 11.2. The van der Waals surface area contributed by atoms with E-state index in [0.29, 0.717) is 13.1 Å². The molecule has 1 atom stereocenters. The summed E-state index contributed by atoms with van der Waals surface area (Å²) >= 11 is 0. The fourth-order valence-electron chi connectivity index (χ4n) is 2.05. The van der Waals surface area contributed by atoms with Gasteiger partial charge in [0.05, 0.1) is 12.9 Å². The zero-order chi connectivity index (χ0) is 16.0. The molecule has 21 heavy (non-hydrogen) atoms. The van der Waals surface area contributed by atoms with Crippen molar-refractivity contribution in [1.29, 1.82) is 0 Å². The quantitative estimate of drug-likeness (QED) is 0.787. The van der Waals surface area contributed by atoms with Crippen LogP contribution in [-0.2, 0) is 16.4 Å². The Morgan fingerprint density at radius 3 is 2.57 bits per heavy atom. The molecule has 0 aliphatic carbocycles. The number of methoxy groups -OCH3 is 1. The largest absolute Gasteiger partial charge is 0.496 e. The van der Waals surface area contributed by atoms with Gasteiger partial charge in [0, 0.05) is 31.0 Å². The van der Waals surface area contributed by atoms with Crippen LogP contribution in [0.15, 0.2) is 18.2 Å². The highest BCUT2D eigenvalue weighted by atomic mass is 32.2. The van der Waals surface area contributed by atoms with Crippen molar-refractivity contribution in [2.45, 2.75) is 19.5 Å². The van der Waals surface area contributed by atoms with Gasteiger partial charge >= 0.3 is 0 Å². The molecule has 0 saturated carbocycles. The topological polar surface area (TPSA) is 58.6 Å². The fraction of sp³-hybridized carbons (Fsp3) is 0.600. The second-order valence-electron chi connectivity index (χ2n) is 5.45. The number of sulfone groups is 1. The Morgan fingerprint density at radius 2 is 2.05 bits per heavy atom. The van der Waals surface area contributed by atoms with Crippen molar-refractivity contribution >= 4 is 9.84 Å². The summed E-state index contributed by atoms with van der Waals surface area (Å²) in [5.41, 5.74) is 2.25. The third-order valence-electron chi connectivity index (χ3n) is 3.52. The third kappa shape index (κ3) is 6.03. The smallest absolute Gasteiger partial charge is 0.148 e. The zero-order valence-corrected chi connectivity index (χ0v) is 14.3. The molecule has 1 unspecified atom stereocenters. The maximum atomic E-state index is 11.2. The summed E-state index contributed by atoms with van der Waals surface area (Å²) in [6, 6.07) is 6.37. The van der Waals surface area contributed by atoms with E-state index in [4.69, 9.17) is 4.74 Å². The summed E-state index contributed by atoms with van der Waals surface area (Å²) in [6.07, 6.45) is 1.26. The van der Waals surface area contributed by atoms with Crippen molar-refractivity contribution < 1.29 is 13.2 Å². The van der Waals surface area contributed by atoms with Gasteiger partial charge in [0.25, 0.3) is 0 Å². The Balaban J connectivity index is 2.84. The molecule has 1 N–H and O–H groups in total. The van der Waals surface area contributed by atoms with E-state index in [-0.39, 0.29) is 11.8 Å². The number of hydrogen-bond donors (Lipinski definition) is 1. The summed E-state index contributed by atoms with van der Waals surface area (Å²) in [5, 5.41) is 3.21. The predicted molar refractivity (Wildman–Crippen MR) is 86.5 cm³/mol. The molecule has 0 saturated heterocycles. The molecular weight excluding hydrogens is 288 g/mol. The Morgan fingerprint density at radius 1 is 1.38 bits per heavy atom. The van der Waals surface area contributed by atoms with Gasteiger partial charge in [-0.3, -0.25) is 0 Å². The van der Waals surface area contributed by atoms with E-state index >= 15 is 0 Å². The number of rotatable bonds is 8. The van der Waals surface area contributed by atoms with E-state index in [0.717, 1.165) is 11.3 Å². The van der Waals surface area contributed by atoms with Crippen LogP contribution >= 0.6 is 0 Å². The van der Waals surface area contributed by atoms with Gasteiger partial charge in [0.2, 0.25) is 0 Å². The first kappa shape index (κ1) is 17.9. The van der Waals surface area contributed by atoms with Gasteiger partial charge in [-0.15, -0.1) is 0 Å². The summed E-state index contributed by atoms with van der Waals surface area (Å²) in [7, 11) is 2.55. The van der Waals surface area contributed by atoms with Crippen LogP contribution in [0, 0.1) is 0 Å². The third-order valence-corrected chi connectivity index (χ3v) is 4.45. The lowest BCUT2D eigenvalue weighted by Crippen LogP contribution is -2.25. The van der Waals surface area contributed by atoms with Crippen LogP contribution in [-0.4, -0.2) is 53.1 Å². The van der Waals surface area contributed by atoms with Gasteiger partial charge in [0.15, 0.2) is 0 Å². The van der Waals surface area contributed by atoms with Crippen LogP contribution in [0.1, 0.15) is 24.1 Å². The fourth-order valence-corrected chi connectivity index (χ4v) is 2.69. The minimum absolute atomic E-state index is 0.165. The molecule has 1 aromatic rings. The average molecular weight is 314 g/mol. The minimum atomic E-state index is -2.94. The molecule has 0 heterocycles. The Bertz CT molecular complexity index is 558. The van der Waals surface area contributed by atoms with Crippen molar-refractivity contribution in [3.05, 3.63) is 29.3 Å². The molecule has 120 valence electrons. The highest BCUT2D eigenvalue weighted by molar-refractivity contribution is 7.90. The predicted octanol–water partition coefficient (Wildman–Crippen LogP) is 1.45. The molecule has 5 nitrogen and oxygen atoms in total. The van der Waals surface area contributed by atoms with Crippen LogP contribution < -0.4 is 10.1 Å². The van der Waals surface area contributed by atoms with E-state index in [1.807, 2.05) is 31.1 Å². The molecule has 1 aromatic carbocycles.